The zero-order valence-corrected chi connectivity index (χ0v) is 13.4. The quantitative estimate of drug-likeness (QED) is 0.795. The van der Waals surface area contributed by atoms with Crippen LogP contribution in [0.1, 0.15) is 19.4 Å². The molecule has 4 nitrogen and oxygen atoms in total. The summed E-state index contributed by atoms with van der Waals surface area (Å²) in [6, 6.07) is 16.9. The van der Waals surface area contributed by atoms with Gasteiger partial charge in [0.1, 0.15) is 11.5 Å². The van der Waals surface area contributed by atoms with E-state index in [0.29, 0.717) is 12.4 Å². The normalized spacial score (nSPS) is 12.1. The second kappa shape index (κ2) is 8.34. The van der Waals surface area contributed by atoms with E-state index < -0.39 is 12.1 Å². The second-order valence-corrected chi connectivity index (χ2v) is 5.78. The molecule has 0 amide bonds. The highest BCUT2D eigenvalue weighted by molar-refractivity contribution is 5.73. The summed E-state index contributed by atoms with van der Waals surface area (Å²) in [4.78, 5) is 11.4. The van der Waals surface area contributed by atoms with Gasteiger partial charge in [0, 0.05) is 6.42 Å². The van der Waals surface area contributed by atoms with E-state index in [2.05, 4.69) is 0 Å². The average molecular weight is 314 g/mol. The number of rotatable bonds is 8. The topological polar surface area (TPSA) is 55.8 Å². The Kier molecular flexibility index (Phi) is 6.18. The zero-order valence-electron chi connectivity index (χ0n) is 13.4. The molecular weight excluding hydrogens is 292 g/mol. The molecule has 2 rings (SSSR count). The first kappa shape index (κ1) is 17.0. The van der Waals surface area contributed by atoms with E-state index >= 15 is 0 Å². The molecule has 0 aliphatic carbocycles. The minimum absolute atomic E-state index is 0.269. The maximum atomic E-state index is 11.4. The van der Waals surface area contributed by atoms with Crippen LogP contribution in [0.4, 0.5) is 0 Å². The molecule has 0 aliphatic rings. The lowest BCUT2D eigenvalue weighted by Gasteiger charge is -2.17. The van der Waals surface area contributed by atoms with Gasteiger partial charge in [-0.1, -0.05) is 50.2 Å². The summed E-state index contributed by atoms with van der Waals surface area (Å²) in [6.07, 6.45) is -0.608. The van der Waals surface area contributed by atoms with Crippen LogP contribution in [0.2, 0.25) is 0 Å². The lowest BCUT2D eigenvalue weighted by molar-refractivity contribution is -0.150. The van der Waals surface area contributed by atoms with Gasteiger partial charge in [0.05, 0.1) is 6.61 Å². The molecule has 0 aliphatic heterocycles. The summed E-state index contributed by atoms with van der Waals surface area (Å²) in [5.41, 5.74) is 0.813. The first-order valence-electron chi connectivity index (χ1n) is 7.71. The number of carbonyl (C=O) groups is 1. The fourth-order valence-electron chi connectivity index (χ4n) is 2.11. The van der Waals surface area contributed by atoms with Gasteiger partial charge < -0.3 is 14.6 Å². The monoisotopic (exact) mass is 314 g/mol. The molecule has 0 bridgehead atoms. The maximum Gasteiger partial charge on any atom is 0.333 e. The Hall–Kier alpha value is -2.33. The zero-order chi connectivity index (χ0) is 16.7. The largest absolute Gasteiger partial charge is 0.479 e. The summed E-state index contributed by atoms with van der Waals surface area (Å²) < 4.78 is 11.4. The molecule has 0 heterocycles. The van der Waals surface area contributed by atoms with Crippen molar-refractivity contribution in [3.63, 3.8) is 0 Å². The molecule has 0 saturated carbocycles. The van der Waals surface area contributed by atoms with Crippen molar-refractivity contribution in [3.8, 4) is 11.5 Å². The third-order valence-corrected chi connectivity index (χ3v) is 3.26. The van der Waals surface area contributed by atoms with Crippen LogP contribution in [0.25, 0.3) is 0 Å². The van der Waals surface area contributed by atoms with Gasteiger partial charge in [0.25, 0.3) is 0 Å². The molecule has 0 aromatic heterocycles. The second-order valence-electron chi connectivity index (χ2n) is 5.78. The number of ether oxygens (including phenoxy) is 2. The molecule has 2 aromatic carbocycles. The Bertz CT molecular complexity index is 622. The van der Waals surface area contributed by atoms with Crippen LogP contribution in [-0.2, 0) is 16.0 Å². The van der Waals surface area contributed by atoms with Crippen molar-refractivity contribution >= 4 is 5.97 Å². The van der Waals surface area contributed by atoms with Crippen LogP contribution in [-0.4, -0.2) is 23.8 Å². The number of para-hydroxylation sites is 2. The lowest BCUT2D eigenvalue weighted by Crippen LogP contribution is -2.28. The van der Waals surface area contributed by atoms with Crippen LogP contribution >= 0.6 is 0 Å². The number of benzene rings is 2. The summed E-state index contributed by atoms with van der Waals surface area (Å²) in [5.74, 6) is 0.695. The first-order valence-corrected chi connectivity index (χ1v) is 7.71. The predicted molar refractivity (Wildman–Crippen MR) is 88.9 cm³/mol. The standard InChI is InChI=1S/C19H22O4/c1-14(2)13-22-18(19(20)21)12-15-8-6-7-11-17(15)23-16-9-4-3-5-10-16/h3-11,14,18H,12-13H2,1-2H3,(H,20,21)/t18-/m0/s1. The van der Waals surface area contributed by atoms with E-state index in [0.717, 1.165) is 11.3 Å². The smallest absolute Gasteiger partial charge is 0.333 e. The summed E-state index contributed by atoms with van der Waals surface area (Å²) >= 11 is 0. The highest BCUT2D eigenvalue weighted by atomic mass is 16.5. The van der Waals surface area contributed by atoms with E-state index in [4.69, 9.17) is 9.47 Å². The number of carboxylic acids is 1. The third-order valence-electron chi connectivity index (χ3n) is 3.26. The van der Waals surface area contributed by atoms with Gasteiger partial charge in [-0.2, -0.15) is 0 Å². The van der Waals surface area contributed by atoms with E-state index in [9.17, 15) is 9.90 Å². The minimum atomic E-state index is -0.958. The highest BCUT2D eigenvalue weighted by Gasteiger charge is 2.21. The number of aliphatic carboxylic acids is 1. The fraction of sp³-hybridized carbons (Fsp3) is 0.316. The fourth-order valence-corrected chi connectivity index (χ4v) is 2.11. The molecule has 0 radical (unpaired) electrons. The van der Waals surface area contributed by atoms with Gasteiger partial charge >= 0.3 is 5.97 Å². The van der Waals surface area contributed by atoms with Crippen molar-refractivity contribution in [2.75, 3.05) is 6.61 Å². The van der Waals surface area contributed by atoms with E-state index in [1.165, 1.54) is 0 Å². The molecule has 2 aromatic rings. The number of carboxylic acid groups (broad SMARTS) is 1. The molecule has 23 heavy (non-hydrogen) atoms. The Morgan fingerprint density at radius 3 is 2.35 bits per heavy atom. The van der Waals surface area contributed by atoms with E-state index in [1.54, 1.807) is 0 Å². The van der Waals surface area contributed by atoms with Crippen molar-refractivity contribution in [1.29, 1.82) is 0 Å². The molecule has 0 fully saturated rings. The third kappa shape index (κ3) is 5.42. The van der Waals surface area contributed by atoms with Gasteiger partial charge in [-0.05, 0) is 29.7 Å². The van der Waals surface area contributed by atoms with Crippen LogP contribution in [0.5, 0.6) is 11.5 Å². The van der Waals surface area contributed by atoms with Gasteiger partial charge in [-0.25, -0.2) is 4.79 Å². The van der Waals surface area contributed by atoms with Crippen molar-refractivity contribution in [1.82, 2.24) is 0 Å². The van der Waals surface area contributed by atoms with Crippen molar-refractivity contribution in [2.45, 2.75) is 26.4 Å². The Morgan fingerprint density at radius 2 is 1.70 bits per heavy atom. The molecule has 1 atom stereocenters. The van der Waals surface area contributed by atoms with Gasteiger partial charge in [0.15, 0.2) is 6.10 Å². The van der Waals surface area contributed by atoms with Crippen LogP contribution in [0.3, 0.4) is 0 Å². The molecule has 4 heteroatoms. The van der Waals surface area contributed by atoms with Crippen molar-refractivity contribution < 1.29 is 19.4 Å². The van der Waals surface area contributed by atoms with Crippen LogP contribution < -0.4 is 4.74 Å². The molecule has 122 valence electrons. The Morgan fingerprint density at radius 1 is 1.04 bits per heavy atom. The van der Waals surface area contributed by atoms with Gasteiger partial charge in [-0.3, -0.25) is 0 Å². The van der Waals surface area contributed by atoms with Crippen LogP contribution in [0.15, 0.2) is 54.6 Å². The molecular formula is C19H22O4. The predicted octanol–water partition coefficient (Wildman–Crippen LogP) is 4.15. The average Bonchev–Trinajstić information content (AvgIpc) is 2.53. The van der Waals surface area contributed by atoms with Crippen LogP contribution in [0, 0.1) is 5.92 Å². The molecule has 1 N–H and O–H groups in total. The molecule has 0 spiro atoms. The summed E-state index contributed by atoms with van der Waals surface area (Å²) in [6.45, 7) is 4.40. The minimum Gasteiger partial charge on any atom is -0.479 e. The first-order chi connectivity index (χ1) is 11.1. The summed E-state index contributed by atoms with van der Waals surface area (Å²) in [5, 5.41) is 9.36. The SMILES string of the molecule is CC(C)CO[C@@H](Cc1ccccc1Oc1ccccc1)C(=O)O. The van der Waals surface area contributed by atoms with Crippen molar-refractivity contribution in [2.24, 2.45) is 5.92 Å². The number of hydrogen-bond donors (Lipinski definition) is 1. The summed E-state index contributed by atoms with van der Waals surface area (Å²) in [7, 11) is 0. The maximum absolute atomic E-state index is 11.4. The molecule has 0 unspecified atom stereocenters. The van der Waals surface area contributed by atoms with Crippen molar-refractivity contribution in [3.05, 3.63) is 60.2 Å². The van der Waals surface area contributed by atoms with Gasteiger partial charge in [0.2, 0.25) is 0 Å². The Labute approximate surface area is 136 Å². The molecule has 0 saturated heterocycles. The van der Waals surface area contributed by atoms with E-state index in [-0.39, 0.29) is 12.3 Å². The number of hydrogen-bond acceptors (Lipinski definition) is 3. The van der Waals surface area contributed by atoms with Gasteiger partial charge in [-0.15, -0.1) is 0 Å². The lowest BCUT2D eigenvalue weighted by atomic mass is 10.1. The highest BCUT2D eigenvalue weighted by Crippen LogP contribution is 2.26. The Balaban J connectivity index is 2.13. The van der Waals surface area contributed by atoms with E-state index in [1.807, 2.05) is 68.4 Å².